The van der Waals surface area contributed by atoms with Crippen LogP contribution in [0.25, 0.3) is 0 Å². The maximum Gasteiger partial charge on any atom is 0.338 e. The van der Waals surface area contributed by atoms with Crippen LogP contribution in [0.4, 0.5) is 0 Å². The first-order chi connectivity index (χ1) is 12.1. The smallest absolute Gasteiger partial charge is 0.338 e. The van der Waals surface area contributed by atoms with E-state index in [1.54, 1.807) is 36.4 Å². The molecule has 1 aromatic heterocycles. The molecule has 3 aromatic rings. The molecule has 0 spiro atoms. The Morgan fingerprint density at radius 3 is 2.40 bits per heavy atom. The van der Waals surface area contributed by atoms with E-state index in [0.717, 1.165) is 11.3 Å². The average molecular weight is 373 g/mol. The topological polar surface area (TPSA) is 52.6 Å². The van der Waals surface area contributed by atoms with Crippen molar-refractivity contribution in [3.8, 4) is 11.5 Å². The van der Waals surface area contributed by atoms with Gasteiger partial charge in [0.15, 0.2) is 6.61 Å². The van der Waals surface area contributed by atoms with Gasteiger partial charge < -0.3 is 9.47 Å². The van der Waals surface area contributed by atoms with Crippen molar-refractivity contribution in [3.05, 3.63) is 81.5 Å². The van der Waals surface area contributed by atoms with Gasteiger partial charge in [-0.1, -0.05) is 35.9 Å². The zero-order chi connectivity index (χ0) is 17.6. The van der Waals surface area contributed by atoms with E-state index in [2.05, 4.69) is 0 Å². The lowest BCUT2D eigenvalue weighted by molar-refractivity contribution is 0.0475. The Hall–Kier alpha value is -2.63. The van der Waals surface area contributed by atoms with Crippen molar-refractivity contribution < 1.29 is 19.1 Å². The molecular formula is C19H13ClO4S. The van der Waals surface area contributed by atoms with Crippen LogP contribution in [0.3, 0.4) is 0 Å². The summed E-state index contributed by atoms with van der Waals surface area (Å²) in [4.78, 5) is 24.5. The van der Waals surface area contributed by atoms with Crippen LogP contribution in [-0.4, -0.2) is 18.4 Å². The zero-order valence-electron chi connectivity index (χ0n) is 13.0. The molecule has 3 rings (SSSR count). The molecule has 25 heavy (non-hydrogen) atoms. The van der Waals surface area contributed by atoms with E-state index in [-0.39, 0.29) is 12.4 Å². The van der Waals surface area contributed by atoms with E-state index < -0.39 is 5.97 Å². The average Bonchev–Trinajstić information content (AvgIpc) is 3.07. The molecule has 0 saturated heterocycles. The molecule has 0 aliphatic rings. The second-order valence-corrected chi connectivity index (χ2v) is 6.76. The van der Waals surface area contributed by atoms with Gasteiger partial charge in [-0.25, -0.2) is 4.79 Å². The van der Waals surface area contributed by atoms with Crippen molar-refractivity contribution in [1.82, 2.24) is 0 Å². The summed E-state index contributed by atoms with van der Waals surface area (Å²) in [5.74, 6) is 0.297. The first kappa shape index (κ1) is 17.2. The minimum atomic E-state index is -0.588. The Morgan fingerprint density at radius 2 is 1.68 bits per heavy atom. The number of ketones is 1. The molecule has 126 valence electrons. The number of carbonyl (C=O) groups is 2. The summed E-state index contributed by atoms with van der Waals surface area (Å²) < 4.78 is 11.3. The van der Waals surface area contributed by atoms with Gasteiger partial charge in [-0.3, -0.25) is 4.79 Å². The predicted molar refractivity (Wildman–Crippen MR) is 96.9 cm³/mol. The molecule has 0 aliphatic heterocycles. The molecule has 4 nitrogen and oxygen atoms in total. The Balaban J connectivity index is 1.62. The molecule has 0 saturated carbocycles. The number of halogens is 1. The molecule has 0 bridgehead atoms. The fourth-order valence-corrected chi connectivity index (χ4v) is 3.03. The Kier molecular flexibility index (Phi) is 5.48. The highest BCUT2D eigenvalue weighted by Crippen LogP contribution is 2.23. The number of Topliss-reactive ketones (excluding diaryl/α,β-unsaturated/α-hetero) is 1. The third kappa shape index (κ3) is 4.68. The summed E-state index contributed by atoms with van der Waals surface area (Å²) in [5.41, 5.74) is 0.311. The maximum atomic E-state index is 12.1. The second kappa shape index (κ2) is 7.96. The van der Waals surface area contributed by atoms with Crippen molar-refractivity contribution in [2.75, 3.05) is 6.61 Å². The monoisotopic (exact) mass is 372 g/mol. The minimum absolute atomic E-state index is 0.290. The van der Waals surface area contributed by atoms with Gasteiger partial charge in [0, 0.05) is 0 Å². The number of para-hydroxylation sites is 1. The number of thiophene rings is 1. The van der Waals surface area contributed by atoms with Crippen LogP contribution in [0.1, 0.15) is 20.0 Å². The lowest BCUT2D eigenvalue weighted by Crippen LogP contribution is -2.13. The highest BCUT2D eigenvalue weighted by atomic mass is 35.5. The molecule has 0 aliphatic carbocycles. The summed E-state index contributed by atoms with van der Waals surface area (Å²) in [6.07, 6.45) is 0. The van der Waals surface area contributed by atoms with Crippen LogP contribution >= 0.6 is 22.9 Å². The van der Waals surface area contributed by atoms with E-state index in [9.17, 15) is 9.59 Å². The van der Waals surface area contributed by atoms with E-state index in [1.165, 1.54) is 0 Å². The van der Waals surface area contributed by atoms with Gasteiger partial charge in [0.1, 0.15) is 11.5 Å². The first-order valence-corrected chi connectivity index (χ1v) is 8.60. The van der Waals surface area contributed by atoms with E-state index in [4.69, 9.17) is 21.1 Å². The number of hydrogen-bond donors (Lipinski definition) is 0. The molecular weight excluding hydrogens is 360 g/mol. The number of ether oxygens (including phenoxy) is 2. The molecule has 0 fully saturated rings. The fraction of sp³-hybridized carbons (Fsp3) is 0.0526. The summed E-state index contributed by atoms with van der Waals surface area (Å²) in [7, 11) is 0. The van der Waals surface area contributed by atoms with Crippen LogP contribution < -0.4 is 4.74 Å². The quantitative estimate of drug-likeness (QED) is 0.439. The Bertz CT molecular complexity index is 889. The van der Waals surface area contributed by atoms with E-state index in [1.807, 2.05) is 30.3 Å². The van der Waals surface area contributed by atoms with Crippen molar-refractivity contribution in [3.63, 3.8) is 0 Å². The number of carbonyl (C=O) groups excluding carboxylic acids is 2. The van der Waals surface area contributed by atoms with Crippen molar-refractivity contribution in [2.45, 2.75) is 0 Å². The molecule has 1 heterocycles. The second-order valence-electron chi connectivity index (χ2n) is 5.05. The lowest BCUT2D eigenvalue weighted by atomic mass is 10.2. The zero-order valence-corrected chi connectivity index (χ0v) is 14.5. The number of hydrogen-bond acceptors (Lipinski definition) is 5. The molecule has 0 N–H and O–H groups in total. The number of rotatable bonds is 6. The van der Waals surface area contributed by atoms with Gasteiger partial charge in [0.05, 0.1) is 14.8 Å². The lowest BCUT2D eigenvalue weighted by Gasteiger charge is -2.07. The minimum Gasteiger partial charge on any atom is -0.457 e. The van der Waals surface area contributed by atoms with Crippen LogP contribution in [0, 0.1) is 0 Å². The maximum absolute atomic E-state index is 12.1. The Labute approximate surface area is 153 Å². The standard InChI is InChI=1S/C19H13ClO4S/c20-18-10-9-17(25-18)16(21)12-23-19(22)13-5-4-8-15(11-13)24-14-6-2-1-3-7-14/h1-11H,12H2. The molecule has 2 aromatic carbocycles. The van der Waals surface area contributed by atoms with Crippen LogP contribution in [0.15, 0.2) is 66.7 Å². The van der Waals surface area contributed by atoms with Gasteiger partial charge in [-0.2, -0.15) is 0 Å². The summed E-state index contributed by atoms with van der Waals surface area (Å²) in [6.45, 7) is -0.334. The summed E-state index contributed by atoms with van der Waals surface area (Å²) >= 11 is 6.94. The van der Waals surface area contributed by atoms with Crippen LogP contribution in [-0.2, 0) is 4.74 Å². The molecule has 0 radical (unpaired) electrons. The van der Waals surface area contributed by atoms with Gasteiger partial charge in [-0.05, 0) is 42.5 Å². The third-order valence-electron chi connectivity index (χ3n) is 3.23. The number of esters is 1. The van der Waals surface area contributed by atoms with Crippen LogP contribution in [0.2, 0.25) is 4.34 Å². The first-order valence-electron chi connectivity index (χ1n) is 7.40. The van der Waals surface area contributed by atoms with Crippen molar-refractivity contribution >= 4 is 34.7 Å². The predicted octanol–water partition coefficient (Wildman–Crippen LogP) is 5.23. The van der Waals surface area contributed by atoms with Gasteiger partial charge in [0.25, 0.3) is 0 Å². The van der Waals surface area contributed by atoms with Crippen molar-refractivity contribution in [1.29, 1.82) is 0 Å². The summed E-state index contributed by atoms with van der Waals surface area (Å²) in [6, 6.07) is 19.1. The molecule has 0 amide bonds. The third-order valence-corrected chi connectivity index (χ3v) is 4.50. The molecule has 0 atom stereocenters. The van der Waals surface area contributed by atoms with Crippen molar-refractivity contribution in [2.24, 2.45) is 0 Å². The normalized spacial score (nSPS) is 10.3. The van der Waals surface area contributed by atoms with Gasteiger partial charge in [0.2, 0.25) is 5.78 Å². The van der Waals surface area contributed by atoms with Gasteiger partial charge >= 0.3 is 5.97 Å². The largest absolute Gasteiger partial charge is 0.457 e. The summed E-state index contributed by atoms with van der Waals surface area (Å²) in [5, 5.41) is 0. The van der Waals surface area contributed by atoms with Crippen LogP contribution in [0.5, 0.6) is 11.5 Å². The molecule has 6 heteroatoms. The van der Waals surface area contributed by atoms with Gasteiger partial charge in [-0.15, -0.1) is 11.3 Å². The van der Waals surface area contributed by atoms with E-state index in [0.29, 0.717) is 26.3 Å². The SMILES string of the molecule is O=C(OCC(=O)c1ccc(Cl)s1)c1cccc(Oc2ccccc2)c1. The molecule has 0 unspecified atom stereocenters. The fourth-order valence-electron chi connectivity index (χ4n) is 2.06. The number of benzene rings is 2. The Morgan fingerprint density at radius 1 is 0.920 bits per heavy atom. The highest BCUT2D eigenvalue weighted by Gasteiger charge is 2.14. The highest BCUT2D eigenvalue weighted by molar-refractivity contribution is 7.18. The van der Waals surface area contributed by atoms with E-state index >= 15 is 0 Å².